The minimum Gasteiger partial charge on any atom is -0.381 e. The maximum Gasteiger partial charge on any atom is 0.330 e. The van der Waals surface area contributed by atoms with Crippen LogP contribution in [-0.2, 0) is 18.9 Å². The van der Waals surface area contributed by atoms with Gasteiger partial charge >= 0.3 is 5.69 Å². The minimum atomic E-state index is -0.734. The van der Waals surface area contributed by atoms with Crippen LogP contribution < -0.4 is 11.2 Å². The van der Waals surface area contributed by atoms with Crippen LogP contribution in [0, 0.1) is 6.92 Å². The number of aryl methyl sites for hydroxylation is 1. The zero-order chi connectivity index (χ0) is 15.2. The summed E-state index contributed by atoms with van der Waals surface area (Å²) in [5.74, 6) is 0. The molecule has 0 aliphatic carbocycles. The van der Waals surface area contributed by atoms with Gasteiger partial charge in [-0.2, -0.15) is 0 Å². The standard InChI is InChI=1S/C13H18N2O6/c1-7-4-15(12(17)14-10(7)16)11-8-9(19-3)13(21-11,5-18-2)6-20-8/h4,8-9,11H,5-6H2,1-3H3,(H,14,16,17)/t8?,9?,11-,13+/m1/s1. The predicted octanol–water partition coefficient (Wildman–Crippen LogP) is -0.827. The fourth-order valence-electron chi connectivity index (χ4n) is 3.09. The lowest BCUT2D eigenvalue weighted by molar-refractivity contribution is -0.191. The van der Waals surface area contributed by atoms with Gasteiger partial charge in [-0.15, -0.1) is 0 Å². The molecule has 4 atom stereocenters. The van der Waals surface area contributed by atoms with Gasteiger partial charge < -0.3 is 18.9 Å². The summed E-state index contributed by atoms with van der Waals surface area (Å²) in [6.07, 6.45) is 0.0694. The Hall–Kier alpha value is -1.48. The molecule has 0 spiro atoms. The maximum atomic E-state index is 12.0. The van der Waals surface area contributed by atoms with Gasteiger partial charge in [-0.3, -0.25) is 14.3 Å². The van der Waals surface area contributed by atoms with E-state index in [4.69, 9.17) is 18.9 Å². The van der Waals surface area contributed by atoms with Crippen LogP contribution in [-0.4, -0.2) is 54.8 Å². The molecule has 116 valence electrons. The molecule has 1 aromatic heterocycles. The Bertz CT molecular complexity index is 653. The normalized spacial score (nSPS) is 34.5. The van der Waals surface area contributed by atoms with E-state index in [0.717, 1.165) is 0 Å². The van der Waals surface area contributed by atoms with E-state index in [0.29, 0.717) is 18.8 Å². The number of nitrogens with zero attached hydrogens (tertiary/aromatic N) is 1. The van der Waals surface area contributed by atoms with Crippen molar-refractivity contribution >= 4 is 0 Å². The fraction of sp³-hybridized carbons (Fsp3) is 0.692. The Balaban J connectivity index is 2.01. The highest BCUT2D eigenvalue weighted by atomic mass is 16.7. The number of fused-ring (bicyclic) bond motifs is 2. The van der Waals surface area contributed by atoms with Crippen LogP contribution in [0.5, 0.6) is 0 Å². The molecule has 1 N–H and O–H groups in total. The molecule has 3 rings (SSSR count). The van der Waals surface area contributed by atoms with E-state index in [1.54, 1.807) is 21.1 Å². The van der Waals surface area contributed by atoms with Crippen molar-refractivity contribution < 1.29 is 18.9 Å². The molecule has 0 radical (unpaired) electrons. The lowest BCUT2D eigenvalue weighted by atomic mass is 10.0. The number of rotatable bonds is 4. The number of aromatic nitrogens is 2. The first-order chi connectivity index (χ1) is 10.0. The molecule has 2 unspecified atom stereocenters. The largest absolute Gasteiger partial charge is 0.381 e. The van der Waals surface area contributed by atoms with Gasteiger partial charge in [0.1, 0.15) is 17.8 Å². The number of H-pyrrole nitrogens is 1. The summed E-state index contributed by atoms with van der Waals surface area (Å²) in [5.41, 5.74) is -1.25. The summed E-state index contributed by atoms with van der Waals surface area (Å²) in [5, 5.41) is 0. The van der Waals surface area contributed by atoms with Crippen LogP contribution in [0.15, 0.2) is 15.8 Å². The molecule has 0 aromatic carbocycles. The number of methoxy groups -OCH3 is 2. The van der Waals surface area contributed by atoms with Crippen LogP contribution >= 0.6 is 0 Å². The van der Waals surface area contributed by atoms with E-state index < -0.39 is 29.2 Å². The second kappa shape index (κ2) is 5.06. The summed E-state index contributed by atoms with van der Waals surface area (Å²) < 4.78 is 23.8. The number of hydrogen-bond donors (Lipinski definition) is 1. The van der Waals surface area contributed by atoms with E-state index in [9.17, 15) is 9.59 Å². The molecule has 2 fully saturated rings. The Morgan fingerprint density at radius 1 is 1.48 bits per heavy atom. The molecule has 2 bridgehead atoms. The lowest BCUT2D eigenvalue weighted by Gasteiger charge is -2.30. The van der Waals surface area contributed by atoms with Crippen LogP contribution in [0.1, 0.15) is 11.8 Å². The number of ether oxygens (including phenoxy) is 4. The van der Waals surface area contributed by atoms with Gasteiger partial charge in [-0.05, 0) is 6.92 Å². The van der Waals surface area contributed by atoms with E-state index in [1.807, 2.05) is 0 Å². The van der Waals surface area contributed by atoms with Crippen molar-refractivity contribution in [1.82, 2.24) is 9.55 Å². The Kier molecular flexibility index (Phi) is 3.48. The molecule has 8 nitrogen and oxygen atoms in total. The van der Waals surface area contributed by atoms with Gasteiger partial charge in [0, 0.05) is 26.0 Å². The smallest absolute Gasteiger partial charge is 0.330 e. The van der Waals surface area contributed by atoms with E-state index in [1.165, 1.54) is 10.8 Å². The van der Waals surface area contributed by atoms with Gasteiger partial charge in [0.05, 0.1) is 13.2 Å². The summed E-state index contributed by atoms with van der Waals surface area (Å²) in [7, 11) is 3.14. The summed E-state index contributed by atoms with van der Waals surface area (Å²) in [4.78, 5) is 25.7. The Morgan fingerprint density at radius 3 is 2.90 bits per heavy atom. The second-order valence-electron chi connectivity index (χ2n) is 5.42. The second-order valence-corrected chi connectivity index (χ2v) is 5.42. The van der Waals surface area contributed by atoms with Crippen molar-refractivity contribution in [1.29, 1.82) is 0 Å². The molecule has 3 heterocycles. The minimum absolute atomic E-state index is 0.301. The number of aromatic amines is 1. The molecule has 1 aromatic rings. The highest BCUT2D eigenvalue weighted by molar-refractivity contribution is 5.10. The SMILES string of the molecule is COC[C@]12COC(C1OC)[C@H](n1cc(C)c(=O)[nH]c1=O)O2. The maximum absolute atomic E-state index is 12.0. The van der Waals surface area contributed by atoms with Gasteiger partial charge in [0.2, 0.25) is 0 Å². The van der Waals surface area contributed by atoms with Crippen molar-refractivity contribution in [2.45, 2.75) is 31.0 Å². The average molecular weight is 298 g/mol. The number of hydrogen-bond acceptors (Lipinski definition) is 6. The molecule has 21 heavy (non-hydrogen) atoms. The van der Waals surface area contributed by atoms with Crippen molar-refractivity contribution in [3.63, 3.8) is 0 Å². The Labute approximate surface area is 120 Å². The van der Waals surface area contributed by atoms with Crippen molar-refractivity contribution in [2.75, 3.05) is 27.4 Å². The highest BCUT2D eigenvalue weighted by Crippen LogP contribution is 2.45. The summed E-state index contributed by atoms with van der Waals surface area (Å²) in [6.45, 7) is 2.27. The van der Waals surface area contributed by atoms with Crippen molar-refractivity contribution in [2.24, 2.45) is 0 Å². The molecular formula is C13H18N2O6. The van der Waals surface area contributed by atoms with Crippen LogP contribution in [0.2, 0.25) is 0 Å². The topological polar surface area (TPSA) is 91.8 Å². The van der Waals surface area contributed by atoms with Crippen molar-refractivity contribution in [3.05, 3.63) is 32.6 Å². The van der Waals surface area contributed by atoms with Gasteiger partial charge in [0.25, 0.3) is 5.56 Å². The van der Waals surface area contributed by atoms with E-state index in [2.05, 4.69) is 4.98 Å². The molecule has 0 amide bonds. The van der Waals surface area contributed by atoms with Crippen molar-refractivity contribution in [3.8, 4) is 0 Å². The first-order valence-electron chi connectivity index (χ1n) is 6.65. The Morgan fingerprint density at radius 2 is 2.24 bits per heavy atom. The van der Waals surface area contributed by atoms with Gasteiger partial charge in [-0.1, -0.05) is 0 Å². The predicted molar refractivity (Wildman–Crippen MR) is 71.3 cm³/mol. The average Bonchev–Trinajstić information content (AvgIpc) is 2.94. The lowest BCUT2D eigenvalue weighted by Crippen LogP contribution is -2.46. The molecule has 2 aliphatic rings. The van der Waals surface area contributed by atoms with Crippen LogP contribution in [0.4, 0.5) is 0 Å². The fourth-order valence-corrected chi connectivity index (χ4v) is 3.09. The van der Waals surface area contributed by atoms with Gasteiger partial charge in [-0.25, -0.2) is 4.79 Å². The first-order valence-corrected chi connectivity index (χ1v) is 6.65. The highest BCUT2D eigenvalue weighted by Gasteiger charge is 2.62. The van der Waals surface area contributed by atoms with Crippen LogP contribution in [0.25, 0.3) is 0 Å². The monoisotopic (exact) mass is 298 g/mol. The number of nitrogens with one attached hydrogen (secondary N) is 1. The molecular weight excluding hydrogens is 280 g/mol. The first kappa shape index (κ1) is 14.5. The molecule has 8 heteroatoms. The third-order valence-corrected chi connectivity index (χ3v) is 4.04. The zero-order valence-electron chi connectivity index (χ0n) is 12.1. The molecule has 2 aliphatic heterocycles. The summed E-state index contributed by atoms with van der Waals surface area (Å²) >= 11 is 0. The zero-order valence-corrected chi connectivity index (χ0v) is 12.1. The summed E-state index contributed by atoms with van der Waals surface area (Å²) in [6, 6.07) is 0. The molecule has 0 saturated carbocycles. The van der Waals surface area contributed by atoms with Crippen LogP contribution in [0.3, 0.4) is 0 Å². The quantitative estimate of drug-likeness (QED) is 0.780. The third kappa shape index (κ3) is 2.06. The van der Waals surface area contributed by atoms with E-state index in [-0.39, 0.29) is 6.10 Å². The molecule has 2 saturated heterocycles. The van der Waals surface area contributed by atoms with Gasteiger partial charge in [0.15, 0.2) is 6.23 Å². The third-order valence-electron chi connectivity index (χ3n) is 4.04. The van der Waals surface area contributed by atoms with E-state index >= 15 is 0 Å².